The van der Waals surface area contributed by atoms with E-state index in [1.54, 1.807) is 26.8 Å². The Morgan fingerprint density at radius 1 is 1.30 bits per heavy atom. The third-order valence-corrected chi connectivity index (χ3v) is 3.44. The fourth-order valence-electron chi connectivity index (χ4n) is 1.61. The number of amides is 1. The minimum absolute atomic E-state index is 0.428. The Hall–Kier alpha value is -1.62. The van der Waals surface area contributed by atoms with Gasteiger partial charge < -0.3 is 10.4 Å². The molecule has 0 saturated heterocycles. The molecule has 0 bridgehead atoms. The van der Waals surface area contributed by atoms with Gasteiger partial charge in [-0.25, -0.2) is 4.79 Å². The van der Waals surface area contributed by atoms with Crippen molar-refractivity contribution in [1.82, 2.24) is 5.32 Å². The average Bonchev–Trinajstić information content (AvgIpc) is 2.33. The molecule has 1 atom stereocenters. The van der Waals surface area contributed by atoms with E-state index in [1.807, 2.05) is 24.3 Å². The third-order valence-electron chi connectivity index (χ3n) is 2.72. The van der Waals surface area contributed by atoms with Gasteiger partial charge in [-0.15, -0.1) is 0 Å². The molecule has 0 aromatic heterocycles. The van der Waals surface area contributed by atoms with E-state index in [0.717, 1.165) is 10.0 Å². The standard InChI is InChI=1S/C15H18BrNO3/c1-15(2,3)13(14(19)20)17-12(18)9-8-10-6-4-5-7-11(10)16/h4-9,13H,1-3H3,(H,17,18)(H,19,20)/b9-8+. The number of halogens is 1. The van der Waals surface area contributed by atoms with Crippen molar-refractivity contribution in [3.63, 3.8) is 0 Å². The van der Waals surface area contributed by atoms with Gasteiger partial charge in [0, 0.05) is 10.5 Å². The summed E-state index contributed by atoms with van der Waals surface area (Å²) in [6, 6.07) is 6.52. The fraction of sp³-hybridized carbons (Fsp3) is 0.333. The molecule has 20 heavy (non-hydrogen) atoms. The fourth-order valence-corrected chi connectivity index (χ4v) is 2.03. The Labute approximate surface area is 127 Å². The monoisotopic (exact) mass is 339 g/mol. The topological polar surface area (TPSA) is 66.4 Å². The van der Waals surface area contributed by atoms with Crippen LogP contribution in [0, 0.1) is 5.41 Å². The molecule has 0 aliphatic heterocycles. The van der Waals surface area contributed by atoms with Gasteiger partial charge in [-0.05, 0) is 23.1 Å². The first-order valence-corrected chi connectivity index (χ1v) is 6.97. The normalized spacial score (nSPS) is 13.2. The molecule has 1 unspecified atom stereocenters. The van der Waals surface area contributed by atoms with Crippen molar-refractivity contribution in [3.05, 3.63) is 40.4 Å². The Morgan fingerprint density at radius 3 is 2.40 bits per heavy atom. The van der Waals surface area contributed by atoms with E-state index in [0.29, 0.717) is 0 Å². The van der Waals surface area contributed by atoms with Crippen LogP contribution in [0.1, 0.15) is 26.3 Å². The van der Waals surface area contributed by atoms with Crippen molar-refractivity contribution in [2.45, 2.75) is 26.8 Å². The number of benzene rings is 1. The van der Waals surface area contributed by atoms with Crippen molar-refractivity contribution in [2.75, 3.05) is 0 Å². The maximum absolute atomic E-state index is 11.8. The van der Waals surface area contributed by atoms with Crippen LogP contribution in [0.2, 0.25) is 0 Å². The molecule has 108 valence electrons. The predicted octanol–water partition coefficient (Wildman–Crippen LogP) is 3.08. The second kappa shape index (κ2) is 6.70. The quantitative estimate of drug-likeness (QED) is 0.828. The minimum Gasteiger partial charge on any atom is -0.480 e. The smallest absolute Gasteiger partial charge is 0.326 e. The van der Waals surface area contributed by atoms with E-state index in [-0.39, 0.29) is 0 Å². The van der Waals surface area contributed by atoms with Gasteiger partial charge in [0.25, 0.3) is 0 Å². The van der Waals surface area contributed by atoms with Crippen LogP contribution in [0.15, 0.2) is 34.8 Å². The molecule has 1 amide bonds. The van der Waals surface area contributed by atoms with Gasteiger partial charge in [0.05, 0.1) is 0 Å². The summed E-state index contributed by atoms with van der Waals surface area (Å²) in [6.45, 7) is 5.30. The number of hydrogen-bond donors (Lipinski definition) is 2. The molecule has 1 aromatic carbocycles. The Balaban J connectivity index is 2.77. The summed E-state index contributed by atoms with van der Waals surface area (Å²) in [4.78, 5) is 23.0. The number of carboxylic acid groups (broad SMARTS) is 1. The van der Waals surface area contributed by atoms with Gasteiger partial charge in [-0.1, -0.05) is 54.9 Å². The van der Waals surface area contributed by atoms with Crippen LogP contribution in [-0.2, 0) is 9.59 Å². The van der Waals surface area contributed by atoms with Crippen molar-refractivity contribution in [2.24, 2.45) is 5.41 Å². The summed E-state index contributed by atoms with van der Waals surface area (Å²) in [7, 11) is 0. The molecule has 0 fully saturated rings. The summed E-state index contributed by atoms with van der Waals surface area (Å²) in [5.41, 5.74) is 0.299. The molecular weight excluding hydrogens is 322 g/mol. The van der Waals surface area contributed by atoms with E-state index >= 15 is 0 Å². The number of rotatable bonds is 4. The second-order valence-electron chi connectivity index (χ2n) is 5.50. The first-order chi connectivity index (χ1) is 9.21. The minimum atomic E-state index is -1.04. The number of hydrogen-bond acceptors (Lipinski definition) is 2. The second-order valence-corrected chi connectivity index (χ2v) is 6.36. The van der Waals surface area contributed by atoms with Gasteiger partial charge in [0.15, 0.2) is 0 Å². The summed E-state index contributed by atoms with van der Waals surface area (Å²) >= 11 is 3.38. The zero-order valence-electron chi connectivity index (χ0n) is 11.7. The van der Waals surface area contributed by atoms with E-state index in [9.17, 15) is 9.59 Å². The zero-order chi connectivity index (χ0) is 15.3. The molecule has 0 spiro atoms. The molecular formula is C15H18BrNO3. The number of carbonyl (C=O) groups excluding carboxylic acids is 1. The highest BCUT2D eigenvalue weighted by Gasteiger charge is 2.31. The highest BCUT2D eigenvalue weighted by molar-refractivity contribution is 9.10. The lowest BCUT2D eigenvalue weighted by Gasteiger charge is -2.27. The first-order valence-electron chi connectivity index (χ1n) is 6.17. The molecule has 0 heterocycles. The molecule has 2 N–H and O–H groups in total. The van der Waals surface area contributed by atoms with Crippen molar-refractivity contribution >= 4 is 33.9 Å². The van der Waals surface area contributed by atoms with Crippen molar-refractivity contribution in [1.29, 1.82) is 0 Å². The summed E-state index contributed by atoms with van der Waals surface area (Å²) in [5.74, 6) is -1.47. The Bertz CT molecular complexity index is 532. The van der Waals surface area contributed by atoms with Gasteiger partial charge in [-0.3, -0.25) is 4.79 Å². The summed E-state index contributed by atoms with van der Waals surface area (Å²) in [5, 5.41) is 11.6. The first kappa shape index (κ1) is 16.4. The molecule has 1 rings (SSSR count). The highest BCUT2D eigenvalue weighted by Crippen LogP contribution is 2.20. The molecule has 0 radical (unpaired) electrons. The highest BCUT2D eigenvalue weighted by atomic mass is 79.9. The van der Waals surface area contributed by atoms with E-state index in [1.165, 1.54) is 6.08 Å². The van der Waals surface area contributed by atoms with Crippen LogP contribution in [-0.4, -0.2) is 23.0 Å². The Kier molecular flexibility index (Phi) is 5.51. The number of aliphatic carboxylic acids is 1. The van der Waals surface area contributed by atoms with Crippen LogP contribution in [0.3, 0.4) is 0 Å². The van der Waals surface area contributed by atoms with Crippen molar-refractivity contribution < 1.29 is 14.7 Å². The Morgan fingerprint density at radius 2 is 1.90 bits per heavy atom. The van der Waals surface area contributed by atoms with Crippen LogP contribution >= 0.6 is 15.9 Å². The molecule has 0 aliphatic rings. The van der Waals surface area contributed by atoms with Gasteiger partial charge in [0.2, 0.25) is 5.91 Å². The molecule has 4 nitrogen and oxygen atoms in total. The third kappa shape index (κ3) is 4.81. The number of carboxylic acids is 1. The summed E-state index contributed by atoms with van der Waals surface area (Å²) < 4.78 is 0.870. The van der Waals surface area contributed by atoms with Gasteiger partial charge in [0.1, 0.15) is 6.04 Å². The molecule has 1 aromatic rings. The van der Waals surface area contributed by atoms with Crippen LogP contribution in [0.5, 0.6) is 0 Å². The lowest BCUT2D eigenvalue weighted by molar-refractivity contribution is -0.144. The van der Waals surface area contributed by atoms with E-state index < -0.39 is 23.3 Å². The van der Waals surface area contributed by atoms with Gasteiger partial charge >= 0.3 is 5.97 Å². The predicted molar refractivity (Wildman–Crippen MR) is 82.2 cm³/mol. The number of carbonyl (C=O) groups is 2. The van der Waals surface area contributed by atoms with Crippen molar-refractivity contribution in [3.8, 4) is 0 Å². The zero-order valence-corrected chi connectivity index (χ0v) is 13.3. The molecule has 0 aliphatic carbocycles. The lowest BCUT2D eigenvalue weighted by Crippen LogP contribution is -2.48. The van der Waals surface area contributed by atoms with Gasteiger partial charge in [-0.2, -0.15) is 0 Å². The van der Waals surface area contributed by atoms with Crippen LogP contribution in [0.4, 0.5) is 0 Å². The summed E-state index contributed by atoms with van der Waals surface area (Å²) in [6.07, 6.45) is 2.97. The lowest BCUT2D eigenvalue weighted by atomic mass is 9.87. The molecule has 0 saturated carbocycles. The number of nitrogens with one attached hydrogen (secondary N) is 1. The average molecular weight is 340 g/mol. The van der Waals surface area contributed by atoms with E-state index in [2.05, 4.69) is 21.2 Å². The molecule has 5 heteroatoms. The maximum Gasteiger partial charge on any atom is 0.326 e. The van der Waals surface area contributed by atoms with Crippen LogP contribution in [0.25, 0.3) is 6.08 Å². The SMILES string of the molecule is CC(C)(C)C(NC(=O)/C=C/c1ccccc1Br)C(=O)O. The van der Waals surface area contributed by atoms with E-state index in [4.69, 9.17) is 5.11 Å². The largest absolute Gasteiger partial charge is 0.480 e. The maximum atomic E-state index is 11.8. The van der Waals surface area contributed by atoms with Crippen LogP contribution < -0.4 is 5.32 Å².